The number of amides is 1. The molecule has 1 saturated carbocycles. The number of carbonyl (C=O) groups is 1. The molecule has 156 valence electrons. The maximum atomic E-state index is 14.0. The van der Waals surface area contributed by atoms with Crippen LogP contribution in [0.4, 0.5) is 10.1 Å². The lowest BCUT2D eigenvalue weighted by atomic mass is 9.94. The number of halogens is 1. The minimum atomic E-state index is -3.63. The average molecular weight is 419 g/mol. The summed E-state index contributed by atoms with van der Waals surface area (Å²) in [6.07, 6.45) is 6.62. The molecule has 0 atom stereocenters. The van der Waals surface area contributed by atoms with Gasteiger partial charge >= 0.3 is 0 Å². The summed E-state index contributed by atoms with van der Waals surface area (Å²) in [5.41, 5.74) is 1.20. The molecule has 2 aromatic carbocycles. The minimum absolute atomic E-state index is 0.0662. The summed E-state index contributed by atoms with van der Waals surface area (Å²) in [7, 11) is -1.80. The van der Waals surface area contributed by atoms with Crippen LogP contribution in [0.25, 0.3) is 0 Å². The van der Waals surface area contributed by atoms with Gasteiger partial charge in [-0.25, -0.2) is 12.8 Å². The Bertz CT molecular complexity index is 954. The van der Waals surface area contributed by atoms with Crippen LogP contribution in [0.15, 0.2) is 48.5 Å². The molecular formula is C22H27FN2O3S. The predicted octanol–water partition coefficient (Wildman–Crippen LogP) is 4.20. The van der Waals surface area contributed by atoms with Crippen LogP contribution in [-0.2, 0) is 16.6 Å². The highest BCUT2D eigenvalue weighted by molar-refractivity contribution is 7.92. The third-order valence-electron chi connectivity index (χ3n) is 5.52. The Morgan fingerprint density at radius 1 is 1.03 bits per heavy atom. The Morgan fingerprint density at radius 3 is 2.24 bits per heavy atom. The van der Waals surface area contributed by atoms with E-state index in [1.165, 1.54) is 12.5 Å². The van der Waals surface area contributed by atoms with Gasteiger partial charge in [0.2, 0.25) is 10.0 Å². The first-order valence-corrected chi connectivity index (χ1v) is 11.7. The highest BCUT2D eigenvalue weighted by Crippen LogP contribution is 2.25. The van der Waals surface area contributed by atoms with E-state index in [0.29, 0.717) is 11.3 Å². The molecule has 1 aliphatic carbocycles. The van der Waals surface area contributed by atoms with Crippen LogP contribution in [-0.4, -0.2) is 38.6 Å². The minimum Gasteiger partial charge on any atom is -0.339 e. The van der Waals surface area contributed by atoms with Crippen molar-refractivity contribution in [3.05, 3.63) is 65.5 Å². The van der Waals surface area contributed by atoms with E-state index in [0.717, 1.165) is 36.2 Å². The van der Waals surface area contributed by atoms with Crippen molar-refractivity contribution in [3.8, 4) is 0 Å². The number of hydrogen-bond donors (Lipinski definition) is 0. The van der Waals surface area contributed by atoms with Gasteiger partial charge in [-0.2, -0.15) is 0 Å². The molecule has 0 unspecified atom stereocenters. The van der Waals surface area contributed by atoms with Crippen molar-refractivity contribution < 1.29 is 17.6 Å². The number of benzene rings is 2. The lowest BCUT2D eigenvalue weighted by molar-refractivity contribution is 0.0696. The van der Waals surface area contributed by atoms with Gasteiger partial charge in [0.1, 0.15) is 5.82 Å². The molecule has 1 fully saturated rings. The van der Waals surface area contributed by atoms with Crippen LogP contribution in [0.1, 0.15) is 48.0 Å². The highest BCUT2D eigenvalue weighted by Gasteiger charge is 2.24. The Hall–Kier alpha value is -2.41. The van der Waals surface area contributed by atoms with Gasteiger partial charge in [0, 0.05) is 24.2 Å². The molecule has 0 aromatic heterocycles. The van der Waals surface area contributed by atoms with Gasteiger partial charge in [-0.3, -0.25) is 9.10 Å². The van der Waals surface area contributed by atoms with E-state index < -0.39 is 15.8 Å². The Balaban J connectivity index is 1.80. The van der Waals surface area contributed by atoms with Gasteiger partial charge < -0.3 is 4.90 Å². The second-order valence-corrected chi connectivity index (χ2v) is 9.52. The normalized spacial score (nSPS) is 15.1. The molecule has 2 aromatic rings. The van der Waals surface area contributed by atoms with Crippen LogP contribution in [0.3, 0.4) is 0 Å². The molecule has 0 heterocycles. The van der Waals surface area contributed by atoms with E-state index in [-0.39, 0.29) is 24.1 Å². The first-order valence-electron chi connectivity index (χ1n) is 9.85. The Kier molecular flexibility index (Phi) is 6.57. The van der Waals surface area contributed by atoms with E-state index in [1.807, 2.05) is 7.05 Å². The first kappa shape index (κ1) is 21.3. The first-order chi connectivity index (χ1) is 13.8. The third-order valence-corrected chi connectivity index (χ3v) is 6.66. The van der Waals surface area contributed by atoms with Crippen molar-refractivity contribution in [2.75, 3.05) is 17.6 Å². The summed E-state index contributed by atoms with van der Waals surface area (Å²) in [5.74, 6) is -0.523. The Morgan fingerprint density at radius 2 is 1.66 bits per heavy atom. The van der Waals surface area contributed by atoms with Gasteiger partial charge in [0.25, 0.3) is 5.91 Å². The van der Waals surface area contributed by atoms with Gasteiger partial charge in [0.05, 0.1) is 18.5 Å². The second-order valence-electron chi connectivity index (χ2n) is 7.62. The lowest BCUT2D eigenvalue weighted by Gasteiger charge is -2.31. The second kappa shape index (κ2) is 8.95. The monoisotopic (exact) mass is 418 g/mol. The number of carbonyl (C=O) groups excluding carboxylic acids is 1. The van der Waals surface area contributed by atoms with Crippen molar-refractivity contribution in [1.29, 1.82) is 0 Å². The van der Waals surface area contributed by atoms with E-state index in [1.54, 1.807) is 47.4 Å². The fourth-order valence-corrected chi connectivity index (χ4v) is 4.67. The largest absolute Gasteiger partial charge is 0.339 e. The molecule has 29 heavy (non-hydrogen) atoms. The number of sulfonamides is 1. The maximum Gasteiger partial charge on any atom is 0.253 e. The van der Waals surface area contributed by atoms with Gasteiger partial charge in [-0.05, 0) is 43.2 Å². The van der Waals surface area contributed by atoms with E-state index in [4.69, 9.17) is 0 Å². The molecule has 0 N–H and O–H groups in total. The van der Waals surface area contributed by atoms with E-state index in [9.17, 15) is 17.6 Å². The van der Waals surface area contributed by atoms with Crippen LogP contribution in [0.2, 0.25) is 0 Å². The highest BCUT2D eigenvalue weighted by atomic mass is 32.2. The molecule has 5 nitrogen and oxygen atoms in total. The molecule has 0 spiro atoms. The smallest absolute Gasteiger partial charge is 0.253 e. The van der Waals surface area contributed by atoms with Crippen LogP contribution >= 0.6 is 0 Å². The molecule has 3 rings (SSSR count). The molecule has 0 radical (unpaired) electrons. The molecular weight excluding hydrogens is 391 g/mol. The van der Waals surface area contributed by atoms with Gasteiger partial charge in [-0.1, -0.05) is 37.5 Å². The topological polar surface area (TPSA) is 57.7 Å². The van der Waals surface area contributed by atoms with Crippen molar-refractivity contribution in [2.45, 2.75) is 44.7 Å². The summed E-state index contributed by atoms with van der Waals surface area (Å²) in [6.45, 7) is -0.110. The van der Waals surface area contributed by atoms with E-state index in [2.05, 4.69) is 0 Å². The van der Waals surface area contributed by atoms with Crippen LogP contribution < -0.4 is 4.31 Å². The number of hydrogen-bond acceptors (Lipinski definition) is 3. The summed E-state index contributed by atoms with van der Waals surface area (Å²) in [5, 5.41) is 0. The average Bonchev–Trinajstić information content (AvgIpc) is 2.72. The standard InChI is InChI=1S/C22H27FN2O3S/c1-24(19-9-4-3-5-10-19)22(26)17-12-14-20(15-13-17)25(29(2,27)28)16-18-8-6-7-11-21(18)23/h6-8,11-15,19H,3-5,9-10,16H2,1-2H3. The molecule has 7 heteroatoms. The third kappa shape index (κ3) is 5.15. The summed E-state index contributed by atoms with van der Waals surface area (Å²) >= 11 is 0. The molecule has 0 bridgehead atoms. The zero-order valence-electron chi connectivity index (χ0n) is 16.8. The molecule has 0 aliphatic heterocycles. The van der Waals surface area contributed by atoms with Crippen LogP contribution in [0, 0.1) is 5.82 Å². The van der Waals surface area contributed by atoms with Crippen molar-refractivity contribution >= 4 is 21.6 Å². The SMILES string of the molecule is CN(C(=O)c1ccc(N(Cc2ccccc2F)S(C)(=O)=O)cc1)C1CCCCC1. The van der Waals surface area contributed by atoms with Crippen molar-refractivity contribution in [3.63, 3.8) is 0 Å². The van der Waals surface area contributed by atoms with E-state index >= 15 is 0 Å². The fraction of sp³-hybridized carbons (Fsp3) is 0.409. The van der Waals surface area contributed by atoms with Crippen molar-refractivity contribution in [1.82, 2.24) is 4.90 Å². The van der Waals surface area contributed by atoms with Gasteiger partial charge in [0.15, 0.2) is 0 Å². The number of nitrogens with zero attached hydrogens (tertiary/aromatic N) is 2. The summed E-state index contributed by atoms with van der Waals surface area (Å²) in [6, 6.07) is 12.8. The maximum absolute atomic E-state index is 14.0. The number of rotatable bonds is 6. The predicted molar refractivity (Wildman–Crippen MR) is 113 cm³/mol. The zero-order valence-corrected chi connectivity index (χ0v) is 17.7. The van der Waals surface area contributed by atoms with Gasteiger partial charge in [-0.15, -0.1) is 0 Å². The molecule has 0 saturated heterocycles. The quantitative estimate of drug-likeness (QED) is 0.707. The zero-order chi connectivity index (χ0) is 21.0. The van der Waals surface area contributed by atoms with Crippen LogP contribution in [0.5, 0.6) is 0 Å². The van der Waals surface area contributed by atoms with Crippen molar-refractivity contribution in [2.24, 2.45) is 0 Å². The fourth-order valence-electron chi connectivity index (χ4n) is 3.79. The molecule has 1 amide bonds. The molecule has 1 aliphatic rings. The lowest BCUT2D eigenvalue weighted by Crippen LogP contribution is -2.38. The summed E-state index contributed by atoms with van der Waals surface area (Å²) < 4.78 is 39.8. The number of anilines is 1. The summed E-state index contributed by atoms with van der Waals surface area (Å²) in [4.78, 5) is 14.6. The Labute approximate surface area is 172 Å².